The number of carbonyl (C=O) groups is 2. The van der Waals surface area contributed by atoms with Crippen LogP contribution in [-0.2, 0) is 4.74 Å². The van der Waals surface area contributed by atoms with Crippen molar-refractivity contribution in [3.63, 3.8) is 0 Å². The van der Waals surface area contributed by atoms with Crippen LogP contribution in [-0.4, -0.2) is 11.9 Å². The topological polar surface area (TPSA) is 43.4 Å². The van der Waals surface area contributed by atoms with Crippen LogP contribution in [0.4, 0.5) is 0 Å². The maximum absolute atomic E-state index is 11.3. The third-order valence-electron chi connectivity index (χ3n) is 1.86. The summed E-state index contributed by atoms with van der Waals surface area (Å²) in [6, 6.07) is 0. The molecule has 1 aliphatic rings. The van der Waals surface area contributed by atoms with Gasteiger partial charge in [-0.15, -0.1) is 0 Å². The van der Waals surface area contributed by atoms with Crippen LogP contribution >= 0.6 is 55.1 Å². The van der Waals surface area contributed by atoms with E-state index in [1.807, 2.05) is 0 Å². The second-order valence-electron chi connectivity index (χ2n) is 2.68. The Labute approximate surface area is 111 Å². The Morgan fingerprint density at radius 2 is 1.20 bits per heavy atom. The molecule has 2 rings (SSSR count). The highest BCUT2D eigenvalue weighted by molar-refractivity contribution is 9.13. The third-order valence-corrected chi connectivity index (χ3v) is 5.19. The quantitative estimate of drug-likeness (QED) is 0.300. The largest absolute Gasteiger partial charge is 0.386 e. The highest BCUT2D eigenvalue weighted by atomic mass is 79.9. The van der Waals surface area contributed by atoms with Crippen molar-refractivity contribution < 1.29 is 14.3 Å². The summed E-state index contributed by atoms with van der Waals surface area (Å²) in [5, 5.41) is 0.217. The SMILES string of the molecule is O=C1OC(=O)c2c(Cl)c(Br)c(Br)c(Cl)c21. The first-order valence-electron chi connectivity index (χ1n) is 3.57. The van der Waals surface area contributed by atoms with Crippen molar-refractivity contribution in [3.8, 4) is 0 Å². The van der Waals surface area contributed by atoms with Crippen LogP contribution in [0.5, 0.6) is 0 Å². The number of ether oxygens (including phenoxy) is 1. The van der Waals surface area contributed by atoms with Crippen molar-refractivity contribution in [2.45, 2.75) is 0 Å². The first-order valence-corrected chi connectivity index (χ1v) is 5.91. The Balaban J connectivity index is 2.92. The lowest BCUT2D eigenvalue weighted by Crippen LogP contribution is -1.97. The Morgan fingerprint density at radius 1 is 0.867 bits per heavy atom. The Kier molecular flexibility index (Phi) is 2.83. The highest BCUT2D eigenvalue weighted by Crippen LogP contribution is 2.44. The van der Waals surface area contributed by atoms with Gasteiger partial charge in [0.25, 0.3) is 0 Å². The fraction of sp³-hybridized carbons (Fsp3) is 0. The molecule has 1 aromatic rings. The molecule has 0 radical (unpaired) electrons. The van der Waals surface area contributed by atoms with E-state index >= 15 is 0 Å². The molecule has 3 nitrogen and oxygen atoms in total. The van der Waals surface area contributed by atoms with Crippen LogP contribution in [0.2, 0.25) is 10.0 Å². The van der Waals surface area contributed by atoms with Crippen molar-refractivity contribution in [1.29, 1.82) is 0 Å². The number of cyclic esters (lactones) is 2. The van der Waals surface area contributed by atoms with Crippen LogP contribution in [0.25, 0.3) is 0 Å². The van der Waals surface area contributed by atoms with Gasteiger partial charge in [0, 0.05) is 0 Å². The summed E-state index contributed by atoms with van der Waals surface area (Å²) >= 11 is 18.1. The fourth-order valence-corrected chi connectivity index (χ4v) is 2.75. The van der Waals surface area contributed by atoms with Gasteiger partial charge in [-0.3, -0.25) is 0 Å². The van der Waals surface area contributed by atoms with Gasteiger partial charge in [-0.25, -0.2) is 9.59 Å². The second-order valence-corrected chi connectivity index (χ2v) is 5.02. The van der Waals surface area contributed by atoms with Crippen LogP contribution in [0.1, 0.15) is 20.7 Å². The standard InChI is InChI=1S/C8Br2Cl2O3/c9-3-4(10)6(12)2-1(5(3)11)7(13)15-8(2)14. The summed E-state index contributed by atoms with van der Waals surface area (Å²) in [7, 11) is 0. The monoisotopic (exact) mass is 372 g/mol. The minimum Gasteiger partial charge on any atom is -0.386 e. The van der Waals surface area contributed by atoms with Gasteiger partial charge in [0.1, 0.15) is 0 Å². The molecule has 0 spiro atoms. The molecule has 0 amide bonds. The van der Waals surface area contributed by atoms with Gasteiger partial charge < -0.3 is 4.74 Å². The summed E-state index contributed by atoms with van der Waals surface area (Å²) in [4.78, 5) is 22.6. The predicted octanol–water partition coefficient (Wildman–Crippen LogP) is 3.83. The minimum atomic E-state index is -0.782. The summed E-state index contributed by atoms with van der Waals surface area (Å²) in [6.07, 6.45) is 0. The molecule has 0 unspecified atom stereocenters. The normalized spacial score (nSPS) is 14.1. The molecule has 0 aliphatic carbocycles. The molecule has 0 bridgehead atoms. The summed E-state index contributed by atoms with van der Waals surface area (Å²) in [6.45, 7) is 0. The van der Waals surface area contributed by atoms with E-state index in [1.165, 1.54) is 0 Å². The van der Waals surface area contributed by atoms with Gasteiger partial charge in [-0.2, -0.15) is 0 Å². The molecule has 1 aromatic carbocycles. The highest BCUT2D eigenvalue weighted by Gasteiger charge is 2.37. The number of hydrogen-bond donors (Lipinski definition) is 0. The van der Waals surface area contributed by atoms with Crippen LogP contribution in [0.3, 0.4) is 0 Å². The lowest BCUT2D eigenvalue weighted by atomic mass is 10.1. The molecule has 0 saturated heterocycles. The third kappa shape index (κ3) is 1.53. The van der Waals surface area contributed by atoms with Crippen molar-refractivity contribution >= 4 is 67.0 Å². The molecular formula is C8Br2Cl2O3. The molecule has 7 heteroatoms. The molecule has 1 aliphatic heterocycles. The molecule has 15 heavy (non-hydrogen) atoms. The summed E-state index contributed by atoms with van der Waals surface area (Å²) in [5.41, 5.74) is 0.00323. The van der Waals surface area contributed by atoms with E-state index in [9.17, 15) is 9.59 Å². The zero-order chi connectivity index (χ0) is 11.3. The number of rotatable bonds is 0. The number of hydrogen-bond acceptors (Lipinski definition) is 3. The van der Waals surface area contributed by atoms with E-state index in [-0.39, 0.29) is 21.2 Å². The minimum absolute atomic E-state index is 0.00161. The lowest BCUT2D eigenvalue weighted by Gasteiger charge is -2.05. The second kappa shape index (κ2) is 3.73. The predicted molar refractivity (Wildman–Crippen MR) is 61.6 cm³/mol. The van der Waals surface area contributed by atoms with Crippen LogP contribution < -0.4 is 0 Å². The van der Waals surface area contributed by atoms with E-state index in [1.54, 1.807) is 0 Å². The van der Waals surface area contributed by atoms with Gasteiger partial charge in [0.2, 0.25) is 0 Å². The Bertz CT molecular complexity index is 468. The molecular weight excluding hydrogens is 375 g/mol. The van der Waals surface area contributed by atoms with E-state index in [0.29, 0.717) is 8.95 Å². The molecule has 0 saturated carbocycles. The number of fused-ring (bicyclic) bond motifs is 1. The molecule has 0 fully saturated rings. The van der Waals surface area contributed by atoms with Crippen LogP contribution in [0, 0.1) is 0 Å². The van der Waals surface area contributed by atoms with E-state index in [0.717, 1.165) is 0 Å². The molecule has 0 N–H and O–H groups in total. The zero-order valence-electron chi connectivity index (χ0n) is 6.74. The molecule has 78 valence electrons. The van der Waals surface area contributed by atoms with Crippen molar-refractivity contribution in [2.75, 3.05) is 0 Å². The average molecular weight is 375 g/mol. The summed E-state index contributed by atoms with van der Waals surface area (Å²) < 4.78 is 5.25. The fourth-order valence-electron chi connectivity index (χ4n) is 1.20. The molecule has 1 heterocycles. The average Bonchev–Trinajstić information content (AvgIpc) is 2.47. The van der Waals surface area contributed by atoms with Crippen molar-refractivity contribution in [3.05, 3.63) is 30.1 Å². The van der Waals surface area contributed by atoms with E-state index in [2.05, 4.69) is 36.6 Å². The van der Waals surface area contributed by atoms with E-state index in [4.69, 9.17) is 23.2 Å². The zero-order valence-corrected chi connectivity index (χ0v) is 11.4. The lowest BCUT2D eigenvalue weighted by molar-refractivity contribution is 0.0444. The van der Waals surface area contributed by atoms with Crippen LogP contribution in [0.15, 0.2) is 8.95 Å². The maximum atomic E-state index is 11.3. The Hall–Kier alpha value is -0.100. The summed E-state index contributed by atoms with van der Waals surface area (Å²) in [5.74, 6) is -1.56. The molecule has 0 atom stereocenters. The number of carbonyl (C=O) groups excluding carboxylic acids is 2. The maximum Gasteiger partial charge on any atom is 0.348 e. The first-order chi connectivity index (χ1) is 6.95. The number of esters is 2. The van der Waals surface area contributed by atoms with Gasteiger partial charge in [-0.1, -0.05) is 23.2 Å². The van der Waals surface area contributed by atoms with Crippen molar-refractivity contribution in [2.24, 2.45) is 0 Å². The number of halogens is 4. The van der Waals surface area contributed by atoms with Gasteiger partial charge in [-0.05, 0) is 31.9 Å². The van der Waals surface area contributed by atoms with Crippen molar-refractivity contribution in [1.82, 2.24) is 0 Å². The number of benzene rings is 1. The van der Waals surface area contributed by atoms with E-state index < -0.39 is 11.9 Å². The van der Waals surface area contributed by atoms with Gasteiger partial charge in [0.15, 0.2) is 0 Å². The Morgan fingerprint density at radius 3 is 1.53 bits per heavy atom. The van der Waals surface area contributed by atoms with Gasteiger partial charge in [0.05, 0.1) is 30.1 Å². The van der Waals surface area contributed by atoms with Gasteiger partial charge >= 0.3 is 11.9 Å². The molecule has 0 aromatic heterocycles. The smallest absolute Gasteiger partial charge is 0.348 e. The first kappa shape index (κ1) is 11.4.